The maximum atomic E-state index is 11.2. The van der Waals surface area contributed by atoms with Crippen molar-refractivity contribution in [2.45, 2.75) is 18.9 Å². The molecule has 7 heteroatoms. The van der Waals surface area contributed by atoms with Gasteiger partial charge in [-0.3, -0.25) is 0 Å². The Bertz CT molecular complexity index is 584. The summed E-state index contributed by atoms with van der Waals surface area (Å²) in [4.78, 5) is 15.3. The molecule has 3 rings (SSSR count). The Morgan fingerprint density at radius 2 is 2.47 bits per heavy atom. The third kappa shape index (κ3) is 2.01. The second-order valence-corrected chi connectivity index (χ2v) is 4.41. The van der Waals surface area contributed by atoms with Gasteiger partial charge in [0.1, 0.15) is 12.1 Å². The van der Waals surface area contributed by atoms with Gasteiger partial charge in [0, 0.05) is 18.7 Å². The lowest BCUT2D eigenvalue weighted by molar-refractivity contribution is 0.620. The predicted molar refractivity (Wildman–Crippen MR) is 62.8 cm³/mol. The summed E-state index contributed by atoms with van der Waals surface area (Å²) >= 11 is 0. The first-order valence-electron chi connectivity index (χ1n) is 5.66. The van der Waals surface area contributed by atoms with Crippen LogP contribution >= 0.6 is 0 Å². The molecule has 0 saturated heterocycles. The van der Waals surface area contributed by atoms with Gasteiger partial charge in [-0.1, -0.05) is 0 Å². The number of hydrogen-bond donors (Lipinski definition) is 3. The van der Waals surface area contributed by atoms with E-state index < -0.39 is 0 Å². The van der Waals surface area contributed by atoms with E-state index in [4.69, 9.17) is 5.73 Å². The number of anilines is 1. The van der Waals surface area contributed by atoms with Gasteiger partial charge >= 0.3 is 5.69 Å². The van der Waals surface area contributed by atoms with Gasteiger partial charge in [0.25, 0.3) is 0 Å². The van der Waals surface area contributed by atoms with Crippen LogP contribution in [0.3, 0.4) is 0 Å². The van der Waals surface area contributed by atoms with Crippen LogP contribution in [0.2, 0.25) is 0 Å². The molecule has 1 atom stereocenters. The molecule has 2 heterocycles. The number of aromatic nitrogens is 4. The molecule has 1 fully saturated rings. The van der Waals surface area contributed by atoms with Crippen LogP contribution in [0.1, 0.15) is 12.8 Å². The third-order valence-electron chi connectivity index (χ3n) is 3.06. The van der Waals surface area contributed by atoms with Gasteiger partial charge < -0.3 is 11.1 Å². The number of rotatable bonds is 4. The zero-order chi connectivity index (χ0) is 11.8. The summed E-state index contributed by atoms with van der Waals surface area (Å²) < 4.78 is 1.35. The fourth-order valence-electron chi connectivity index (χ4n) is 1.82. The third-order valence-corrected chi connectivity index (χ3v) is 3.06. The number of aromatic amines is 1. The molecule has 2 aromatic heterocycles. The average molecular weight is 234 g/mol. The van der Waals surface area contributed by atoms with Crippen LogP contribution in [-0.2, 0) is 0 Å². The SMILES string of the molecule is NC(CNc1cc2n[nH]c(=O)n2cn1)C1CC1. The highest BCUT2D eigenvalue weighted by Gasteiger charge is 2.28. The van der Waals surface area contributed by atoms with Crippen molar-refractivity contribution in [1.82, 2.24) is 19.6 Å². The molecule has 4 N–H and O–H groups in total. The summed E-state index contributed by atoms with van der Waals surface area (Å²) in [5, 5.41) is 9.39. The monoisotopic (exact) mass is 234 g/mol. The van der Waals surface area contributed by atoms with Crippen molar-refractivity contribution in [3.63, 3.8) is 0 Å². The van der Waals surface area contributed by atoms with Crippen molar-refractivity contribution in [1.29, 1.82) is 0 Å². The molecule has 90 valence electrons. The quantitative estimate of drug-likeness (QED) is 0.666. The standard InChI is InChI=1S/C10H14N6O/c11-7(6-1-2-6)4-12-8-3-9-14-15-10(17)16(9)5-13-8/h3,5-7,12H,1-2,4,11H2,(H,15,17). The Morgan fingerprint density at radius 1 is 1.65 bits per heavy atom. The minimum atomic E-state index is -0.284. The molecule has 1 unspecified atom stereocenters. The Kier molecular flexibility index (Phi) is 2.32. The van der Waals surface area contributed by atoms with Crippen LogP contribution in [-0.4, -0.2) is 32.2 Å². The molecular weight excluding hydrogens is 220 g/mol. The molecular formula is C10H14N6O. The molecule has 0 aromatic carbocycles. The van der Waals surface area contributed by atoms with E-state index >= 15 is 0 Å². The lowest BCUT2D eigenvalue weighted by Crippen LogP contribution is -2.31. The van der Waals surface area contributed by atoms with Crippen LogP contribution in [0, 0.1) is 5.92 Å². The highest BCUT2D eigenvalue weighted by atomic mass is 16.1. The highest BCUT2D eigenvalue weighted by Crippen LogP contribution is 2.31. The largest absolute Gasteiger partial charge is 0.368 e. The maximum Gasteiger partial charge on any atom is 0.348 e. The minimum Gasteiger partial charge on any atom is -0.368 e. The zero-order valence-electron chi connectivity index (χ0n) is 9.26. The Morgan fingerprint density at radius 3 is 3.24 bits per heavy atom. The van der Waals surface area contributed by atoms with E-state index in [2.05, 4.69) is 20.5 Å². The second kappa shape index (κ2) is 3.85. The van der Waals surface area contributed by atoms with Crippen LogP contribution in [0.15, 0.2) is 17.2 Å². The van der Waals surface area contributed by atoms with Crippen molar-refractivity contribution in [2.24, 2.45) is 11.7 Å². The summed E-state index contributed by atoms with van der Waals surface area (Å²) in [5.41, 5.74) is 6.24. The molecule has 0 bridgehead atoms. The molecule has 2 aromatic rings. The zero-order valence-corrected chi connectivity index (χ0v) is 9.26. The van der Waals surface area contributed by atoms with Gasteiger partial charge in [-0.15, -0.1) is 0 Å². The van der Waals surface area contributed by atoms with E-state index in [1.54, 1.807) is 6.07 Å². The van der Waals surface area contributed by atoms with E-state index in [1.165, 1.54) is 23.6 Å². The van der Waals surface area contributed by atoms with Gasteiger partial charge in [-0.05, 0) is 18.8 Å². The first-order valence-corrected chi connectivity index (χ1v) is 5.66. The van der Waals surface area contributed by atoms with E-state index in [0.717, 1.165) is 0 Å². The fraction of sp³-hybridized carbons (Fsp3) is 0.500. The lowest BCUT2D eigenvalue weighted by atomic mass is 10.2. The average Bonchev–Trinajstić information content (AvgIpc) is 3.12. The van der Waals surface area contributed by atoms with Gasteiger partial charge in [-0.25, -0.2) is 19.3 Å². The number of fused-ring (bicyclic) bond motifs is 1. The molecule has 0 spiro atoms. The van der Waals surface area contributed by atoms with Crippen LogP contribution in [0.25, 0.3) is 5.65 Å². The Labute approximate surface area is 97.0 Å². The van der Waals surface area contributed by atoms with Gasteiger partial charge in [-0.2, -0.15) is 5.10 Å². The summed E-state index contributed by atoms with van der Waals surface area (Å²) in [6.45, 7) is 0.697. The van der Waals surface area contributed by atoms with Crippen molar-refractivity contribution in [3.8, 4) is 0 Å². The van der Waals surface area contributed by atoms with Crippen molar-refractivity contribution >= 4 is 11.5 Å². The van der Waals surface area contributed by atoms with Crippen LogP contribution in [0.5, 0.6) is 0 Å². The summed E-state index contributed by atoms with van der Waals surface area (Å²) in [7, 11) is 0. The summed E-state index contributed by atoms with van der Waals surface area (Å²) in [5.74, 6) is 1.34. The molecule has 0 amide bonds. The normalized spacial score (nSPS) is 17.2. The summed E-state index contributed by atoms with van der Waals surface area (Å²) in [6, 6.07) is 1.90. The molecule has 7 nitrogen and oxygen atoms in total. The molecule has 0 radical (unpaired) electrons. The smallest absolute Gasteiger partial charge is 0.348 e. The second-order valence-electron chi connectivity index (χ2n) is 4.41. The Hall–Kier alpha value is -1.89. The number of H-pyrrole nitrogens is 1. The topological polar surface area (TPSA) is 101 Å². The first kappa shape index (κ1) is 10.3. The Balaban J connectivity index is 1.74. The molecule has 1 aliphatic rings. The molecule has 1 saturated carbocycles. The number of hydrogen-bond acceptors (Lipinski definition) is 5. The maximum absolute atomic E-state index is 11.2. The number of nitrogens with zero attached hydrogens (tertiary/aromatic N) is 3. The molecule has 0 aliphatic heterocycles. The highest BCUT2D eigenvalue weighted by molar-refractivity contribution is 5.48. The van der Waals surface area contributed by atoms with Gasteiger partial charge in [0.15, 0.2) is 5.65 Å². The van der Waals surface area contributed by atoms with E-state index in [1.807, 2.05) is 0 Å². The molecule has 1 aliphatic carbocycles. The van der Waals surface area contributed by atoms with Gasteiger partial charge in [0.05, 0.1) is 0 Å². The lowest BCUT2D eigenvalue weighted by Gasteiger charge is -2.11. The van der Waals surface area contributed by atoms with Crippen molar-refractivity contribution < 1.29 is 0 Å². The van der Waals surface area contributed by atoms with Crippen molar-refractivity contribution in [3.05, 3.63) is 22.9 Å². The van der Waals surface area contributed by atoms with E-state index in [-0.39, 0.29) is 11.7 Å². The minimum absolute atomic E-state index is 0.175. The van der Waals surface area contributed by atoms with E-state index in [0.29, 0.717) is 23.9 Å². The predicted octanol–water partition coefficient (Wildman–Crippen LogP) is -0.433. The fourth-order valence-corrected chi connectivity index (χ4v) is 1.82. The van der Waals surface area contributed by atoms with Crippen LogP contribution < -0.4 is 16.7 Å². The first-order chi connectivity index (χ1) is 8.24. The summed E-state index contributed by atoms with van der Waals surface area (Å²) in [6.07, 6.45) is 3.90. The van der Waals surface area contributed by atoms with E-state index in [9.17, 15) is 4.79 Å². The molecule has 17 heavy (non-hydrogen) atoms. The van der Waals surface area contributed by atoms with Crippen LogP contribution in [0.4, 0.5) is 5.82 Å². The number of nitrogens with two attached hydrogens (primary N) is 1. The van der Waals surface area contributed by atoms with Crippen molar-refractivity contribution in [2.75, 3.05) is 11.9 Å². The van der Waals surface area contributed by atoms with Gasteiger partial charge in [0.2, 0.25) is 0 Å². The number of nitrogens with one attached hydrogen (secondary N) is 2.